The summed E-state index contributed by atoms with van der Waals surface area (Å²) in [5, 5.41) is 7.79. The van der Waals surface area contributed by atoms with Gasteiger partial charge in [-0.1, -0.05) is 18.2 Å². The third-order valence-corrected chi connectivity index (χ3v) is 4.51. The first-order valence-corrected chi connectivity index (χ1v) is 6.80. The molecule has 0 saturated carbocycles. The zero-order valence-electron chi connectivity index (χ0n) is 9.14. The molecule has 0 amide bonds. The van der Waals surface area contributed by atoms with E-state index in [1.807, 2.05) is 19.2 Å². The van der Waals surface area contributed by atoms with Gasteiger partial charge in [-0.25, -0.2) is 0 Å². The number of thiophene rings is 1. The summed E-state index contributed by atoms with van der Waals surface area (Å²) in [7, 11) is 1.85. The minimum atomic E-state index is 0.648. The van der Waals surface area contributed by atoms with Gasteiger partial charge >= 0.3 is 0 Å². The van der Waals surface area contributed by atoms with Crippen molar-refractivity contribution in [3.63, 3.8) is 0 Å². The molecule has 0 atom stereocenters. The third kappa shape index (κ3) is 1.57. The van der Waals surface area contributed by atoms with Crippen LogP contribution in [0.4, 0.5) is 5.82 Å². The van der Waals surface area contributed by atoms with Crippen LogP contribution >= 0.6 is 27.3 Å². The topological polar surface area (TPSA) is 43.8 Å². The lowest BCUT2D eigenvalue weighted by molar-refractivity contribution is 0.782. The first-order valence-electron chi connectivity index (χ1n) is 5.13. The second-order valence-corrected chi connectivity index (χ2v) is 5.52. The second kappa shape index (κ2) is 3.85. The summed E-state index contributed by atoms with van der Waals surface area (Å²) in [6, 6.07) is 8.31. The number of aryl methyl sites for hydroxylation is 1. The van der Waals surface area contributed by atoms with Crippen molar-refractivity contribution >= 4 is 43.2 Å². The van der Waals surface area contributed by atoms with Gasteiger partial charge in [0.25, 0.3) is 0 Å². The van der Waals surface area contributed by atoms with Gasteiger partial charge < -0.3 is 5.73 Å². The highest BCUT2D eigenvalue weighted by Crippen LogP contribution is 2.38. The summed E-state index contributed by atoms with van der Waals surface area (Å²) < 4.78 is 3.81. The Labute approximate surface area is 111 Å². The van der Waals surface area contributed by atoms with Crippen LogP contribution in [0.15, 0.2) is 34.1 Å². The Hall–Kier alpha value is -1.33. The molecule has 0 fully saturated rings. The number of halogens is 1. The van der Waals surface area contributed by atoms with E-state index < -0.39 is 0 Å². The standard InChI is InChI=1S/C12H10BrN3S/c1-16-12(14)10(13)11(15-16)8-6-17-9-5-3-2-4-7(8)9/h2-6H,14H2,1H3. The van der Waals surface area contributed by atoms with Gasteiger partial charge in [-0.2, -0.15) is 5.10 Å². The van der Waals surface area contributed by atoms with Gasteiger partial charge in [0, 0.05) is 28.1 Å². The molecular formula is C12H10BrN3S. The quantitative estimate of drug-likeness (QED) is 0.746. The monoisotopic (exact) mass is 307 g/mol. The van der Waals surface area contributed by atoms with E-state index in [0.717, 1.165) is 15.7 Å². The molecule has 5 heteroatoms. The molecule has 0 aliphatic heterocycles. The predicted molar refractivity (Wildman–Crippen MR) is 76.1 cm³/mol. The smallest absolute Gasteiger partial charge is 0.136 e. The predicted octanol–water partition coefficient (Wildman–Crippen LogP) is 3.65. The summed E-state index contributed by atoms with van der Waals surface area (Å²) in [6.07, 6.45) is 0. The Morgan fingerprint density at radius 2 is 2.12 bits per heavy atom. The maximum absolute atomic E-state index is 5.91. The van der Waals surface area contributed by atoms with E-state index in [1.165, 1.54) is 10.1 Å². The van der Waals surface area contributed by atoms with Crippen molar-refractivity contribution in [2.45, 2.75) is 0 Å². The summed E-state index contributed by atoms with van der Waals surface area (Å²) in [5.74, 6) is 0.648. The number of rotatable bonds is 1. The number of benzene rings is 1. The first kappa shape index (κ1) is 10.8. The number of nitrogen functional groups attached to an aromatic ring is 1. The van der Waals surface area contributed by atoms with Crippen molar-refractivity contribution in [3.8, 4) is 11.3 Å². The summed E-state index contributed by atoms with van der Waals surface area (Å²) >= 11 is 5.23. The number of anilines is 1. The molecule has 2 N–H and O–H groups in total. The normalized spacial score (nSPS) is 11.2. The van der Waals surface area contributed by atoms with Gasteiger partial charge in [0.15, 0.2) is 0 Å². The van der Waals surface area contributed by atoms with Gasteiger partial charge in [-0.15, -0.1) is 11.3 Å². The van der Waals surface area contributed by atoms with E-state index in [1.54, 1.807) is 16.0 Å². The van der Waals surface area contributed by atoms with Crippen molar-refractivity contribution in [1.29, 1.82) is 0 Å². The van der Waals surface area contributed by atoms with Gasteiger partial charge in [-0.05, 0) is 22.0 Å². The molecule has 2 aromatic heterocycles. The highest BCUT2D eigenvalue weighted by atomic mass is 79.9. The number of nitrogens with two attached hydrogens (primary N) is 1. The van der Waals surface area contributed by atoms with E-state index >= 15 is 0 Å². The molecule has 2 heterocycles. The van der Waals surface area contributed by atoms with Gasteiger partial charge in [0.05, 0.1) is 4.47 Å². The Bertz CT molecular complexity index is 699. The van der Waals surface area contributed by atoms with E-state index in [9.17, 15) is 0 Å². The van der Waals surface area contributed by atoms with Crippen molar-refractivity contribution in [3.05, 3.63) is 34.1 Å². The zero-order valence-corrected chi connectivity index (χ0v) is 11.5. The van der Waals surface area contributed by atoms with Crippen LogP contribution in [0.5, 0.6) is 0 Å². The largest absolute Gasteiger partial charge is 0.383 e. The third-order valence-electron chi connectivity index (χ3n) is 2.77. The van der Waals surface area contributed by atoms with Crippen LogP contribution in [0, 0.1) is 0 Å². The lowest BCUT2D eigenvalue weighted by Gasteiger charge is -1.95. The van der Waals surface area contributed by atoms with Crippen LogP contribution in [-0.2, 0) is 7.05 Å². The van der Waals surface area contributed by atoms with E-state index in [2.05, 4.69) is 38.5 Å². The fourth-order valence-electron chi connectivity index (χ4n) is 1.84. The molecule has 0 spiro atoms. The summed E-state index contributed by atoms with van der Waals surface area (Å²) in [4.78, 5) is 0. The maximum atomic E-state index is 5.91. The van der Waals surface area contributed by atoms with Crippen molar-refractivity contribution in [2.75, 3.05) is 5.73 Å². The minimum absolute atomic E-state index is 0.648. The molecule has 3 rings (SSSR count). The first-order chi connectivity index (χ1) is 8.18. The van der Waals surface area contributed by atoms with Gasteiger partial charge in [0.1, 0.15) is 11.5 Å². The molecule has 17 heavy (non-hydrogen) atoms. The van der Waals surface area contributed by atoms with Crippen molar-refractivity contribution < 1.29 is 0 Å². The molecular weight excluding hydrogens is 298 g/mol. The molecule has 3 aromatic rings. The molecule has 0 saturated heterocycles. The highest BCUT2D eigenvalue weighted by molar-refractivity contribution is 9.10. The Balaban J connectivity index is 2.31. The van der Waals surface area contributed by atoms with Gasteiger partial charge in [-0.3, -0.25) is 4.68 Å². The van der Waals surface area contributed by atoms with Gasteiger partial charge in [0.2, 0.25) is 0 Å². The number of fused-ring (bicyclic) bond motifs is 1. The Kier molecular flexibility index (Phi) is 2.45. The lowest BCUT2D eigenvalue weighted by Crippen LogP contribution is -1.97. The summed E-state index contributed by atoms with van der Waals surface area (Å²) in [6.45, 7) is 0. The average Bonchev–Trinajstić information content (AvgIpc) is 2.86. The maximum Gasteiger partial charge on any atom is 0.136 e. The van der Waals surface area contributed by atoms with Crippen LogP contribution in [0.3, 0.4) is 0 Å². The molecule has 1 aromatic carbocycles. The van der Waals surface area contributed by atoms with E-state index in [0.29, 0.717) is 5.82 Å². The van der Waals surface area contributed by atoms with Crippen LogP contribution in [-0.4, -0.2) is 9.78 Å². The minimum Gasteiger partial charge on any atom is -0.383 e. The Morgan fingerprint density at radius 3 is 2.82 bits per heavy atom. The molecule has 0 unspecified atom stereocenters. The molecule has 0 aliphatic rings. The molecule has 0 radical (unpaired) electrons. The average molecular weight is 308 g/mol. The number of hydrogen-bond acceptors (Lipinski definition) is 3. The fraction of sp³-hybridized carbons (Fsp3) is 0.0833. The fourth-order valence-corrected chi connectivity index (χ4v) is 3.34. The van der Waals surface area contributed by atoms with E-state index in [4.69, 9.17) is 5.73 Å². The number of hydrogen-bond donors (Lipinski definition) is 1. The van der Waals surface area contributed by atoms with Crippen LogP contribution in [0.25, 0.3) is 21.3 Å². The SMILES string of the molecule is Cn1nc(-c2csc3ccccc23)c(Br)c1N. The summed E-state index contributed by atoms with van der Waals surface area (Å²) in [5.41, 5.74) is 7.94. The highest BCUT2D eigenvalue weighted by Gasteiger charge is 2.16. The molecule has 0 aliphatic carbocycles. The van der Waals surface area contributed by atoms with Crippen LogP contribution < -0.4 is 5.73 Å². The molecule has 0 bridgehead atoms. The number of aromatic nitrogens is 2. The van der Waals surface area contributed by atoms with Crippen LogP contribution in [0.2, 0.25) is 0 Å². The lowest BCUT2D eigenvalue weighted by atomic mass is 10.1. The zero-order chi connectivity index (χ0) is 12.0. The van der Waals surface area contributed by atoms with Crippen LogP contribution in [0.1, 0.15) is 0 Å². The van der Waals surface area contributed by atoms with E-state index in [-0.39, 0.29) is 0 Å². The number of nitrogens with zero attached hydrogens (tertiary/aromatic N) is 2. The second-order valence-electron chi connectivity index (χ2n) is 3.82. The van der Waals surface area contributed by atoms with Crippen molar-refractivity contribution in [2.24, 2.45) is 7.05 Å². The molecule has 86 valence electrons. The Morgan fingerprint density at radius 1 is 1.35 bits per heavy atom. The molecule has 3 nitrogen and oxygen atoms in total. The van der Waals surface area contributed by atoms with Crippen molar-refractivity contribution in [1.82, 2.24) is 9.78 Å².